The SMILES string of the molecule is O=S(CCCn1nnc(-c2ccccc2Nc2ccc(C(F)(F)F)cc2)n1)CCOCc1ccccc1. The van der Waals surface area contributed by atoms with Crippen LogP contribution in [0.5, 0.6) is 0 Å². The Balaban J connectivity index is 1.26. The first-order valence-electron chi connectivity index (χ1n) is 11.7. The van der Waals surface area contributed by atoms with Crippen molar-refractivity contribution in [3.8, 4) is 11.4 Å². The molecule has 7 nitrogen and oxygen atoms in total. The summed E-state index contributed by atoms with van der Waals surface area (Å²) in [5, 5.41) is 15.7. The Morgan fingerprint density at radius 3 is 2.41 bits per heavy atom. The second kappa shape index (κ2) is 12.6. The highest BCUT2D eigenvalue weighted by molar-refractivity contribution is 7.84. The lowest BCUT2D eigenvalue weighted by Crippen LogP contribution is -2.12. The number of hydrogen-bond donors (Lipinski definition) is 1. The maximum absolute atomic E-state index is 12.8. The van der Waals surface area contributed by atoms with Crippen LogP contribution in [0.1, 0.15) is 17.5 Å². The summed E-state index contributed by atoms with van der Waals surface area (Å²) < 4.78 is 56.3. The molecule has 0 amide bonds. The maximum atomic E-state index is 12.8. The van der Waals surface area contributed by atoms with Gasteiger partial charge in [0, 0.05) is 39.2 Å². The lowest BCUT2D eigenvalue weighted by molar-refractivity contribution is -0.137. The van der Waals surface area contributed by atoms with Crippen LogP contribution in [-0.4, -0.2) is 42.5 Å². The van der Waals surface area contributed by atoms with E-state index in [2.05, 4.69) is 20.7 Å². The van der Waals surface area contributed by atoms with Gasteiger partial charge in [-0.3, -0.25) is 4.21 Å². The van der Waals surface area contributed by atoms with Gasteiger partial charge in [0.05, 0.1) is 25.3 Å². The summed E-state index contributed by atoms with van der Waals surface area (Å²) in [5.74, 6) is 1.34. The number of hydrogen-bond acceptors (Lipinski definition) is 6. The Bertz CT molecular complexity index is 1300. The van der Waals surface area contributed by atoms with Crippen LogP contribution >= 0.6 is 0 Å². The molecule has 0 fully saturated rings. The van der Waals surface area contributed by atoms with Crippen LogP contribution in [0.3, 0.4) is 0 Å². The van der Waals surface area contributed by atoms with Crippen molar-refractivity contribution in [1.29, 1.82) is 0 Å². The van der Waals surface area contributed by atoms with Gasteiger partial charge in [-0.2, -0.15) is 18.0 Å². The van der Waals surface area contributed by atoms with E-state index in [0.29, 0.717) is 60.4 Å². The summed E-state index contributed by atoms with van der Waals surface area (Å²) in [6.07, 6.45) is -3.77. The molecule has 0 aliphatic rings. The predicted octanol–water partition coefficient (Wildman–Crippen LogP) is 5.46. The Hall–Kier alpha value is -3.57. The summed E-state index contributed by atoms with van der Waals surface area (Å²) in [6.45, 7) is 1.38. The normalized spacial score (nSPS) is 12.4. The van der Waals surface area contributed by atoms with E-state index < -0.39 is 22.5 Å². The van der Waals surface area contributed by atoms with Gasteiger partial charge in [0.15, 0.2) is 0 Å². The van der Waals surface area contributed by atoms with Crippen molar-refractivity contribution in [1.82, 2.24) is 20.2 Å². The van der Waals surface area contributed by atoms with Gasteiger partial charge in [-0.1, -0.05) is 42.5 Å². The smallest absolute Gasteiger partial charge is 0.376 e. The number of nitrogens with zero attached hydrogens (tertiary/aromatic N) is 4. The molecule has 4 rings (SSSR count). The number of para-hydroxylation sites is 1. The van der Waals surface area contributed by atoms with E-state index in [-0.39, 0.29) is 0 Å². The lowest BCUT2D eigenvalue weighted by Gasteiger charge is -2.11. The van der Waals surface area contributed by atoms with Crippen molar-refractivity contribution in [3.63, 3.8) is 0 Å². The van der Waals surface area contributed by atoms with Crippen LogP contribution in [0.25, 0.3) is 11.4 Å². The zero-order valence-corrected chi connectivity index (χ0v) is 20.7. The summed E-state index contributed by atoms with van der Waals surface area (Å²) in [7, 11) is -1.01. The number of rotatable bonds is 12. The standard InChI is InChI=1S/C26H26F3N5O2S/c27-26(28,29)21-11-13-22(14-12-21)30-24-10-5-4-9-23(24)25-31-33-34(32-25)15-6-17-37(35)18-16-36-19-20-7-2-1-3-8-20/h1-5,7-14,30H,6,15-19H2. The molecule has 1 aromatic heterocycles. The van der Waals surface area contributed by atoms with Crippen molar-refractivity contribution in [2.24, 2.45) is 0 Å². The third-order valence-corrected chi connectivity index (χ3v) is 6.78. The molecule has 3 aromatic carbocycles. The van der Waals surface area contributed by atoms with Crippen LogP contribution in [0, 0.1) is 0 Å². The van der Waals surface area contributed by atoms with E-state index in [1.54, 1.807) is 18.2 Å². The van der Waals surface area contributed by atoms with Crippen molar-refractivity contribution in [3.05, 3.63) is 90.0 Å². The summed E-state index contributed by atoms with van der Waals surface area (Å²) >= 11 is 0. The fraction of sp³-hybridized carbons (Fsp3) is 0.269. The van der Waals surface area contributed by atoms with E-state index in [0.717, 1.165) is 17.7 Å². The minimum atomic E-state index is -4.39. The van der Waals surface area contributed by atoms with Crippen molar-refractivity contribution in [2.45, 2.75) is 25.7 Å². The molecule has 0 aliphatic carbocycles. The Labute approximate surface area is 215 Å². The number of benzene rings is 3. The van der Waals surface area contributed by atoms with Crippen molar-refractivity contribution in [2.75, 3.05) is 23.4 Å². The lowest BCUT2D eigenvalue weighted by atomic mass is 10.1. The largest absolute Gasteiger partial charge is 0.416 e. The fourth-order valence-corrected chi connectivity index (χ4v) is 4.48. The topological polar surface area (TPSA) is 81.9 Å². The quantitative estimate of drug-likeness (QED) is 0.246. The van der Waals surface area contributed by atoms with Gasteiger partial charge in [0.25, 0.3) is 0 Å². The highest BCUT2D eigenvalue weighted by Gasteiger charge is 2.30. The number of ether oxygens (including phenoxy) is 1. The van der Waals surface area contributed by atoms with E-state index >= 15 is 0 Å². The monoisotopic (exact) mass is 529 g/mol. The minimum Gasteiger partial charge on any atom is -0.376 e. The molecule has 11 heteroatoms. The number of aryl methyl sites for hydroxylation is 1. The van der Waals surface area contributed by atoms with Gasteiger partial charge in [0.2, 0.25) is 5.82 Å². The number of nitrogens with one attached hydrogen (secondary N) is 1. The highest BCUT2D eigenvalue weighted by atomic mass is 32.2. The molecule has 0 saturated heterocycles. The Morgan fingerprint density at radius 2 is 1.65 bits per heavy atom. The van der Waals surface area contributed by atoms with Crippen LogP contribution in [0.15, 0.2) is 78.9 Å². The number of alkyl halides is 3. The van der Waals surface area contributed by atoms with Crippen LogP contribution in [0.4, 0.5) is 24.5 Å². The molecule has 4 aromatic rings. The summed E-state index contributed by atoms with van der Waals surface area (Å²) in [6, 6.07) is 21.8. The van der Waals surface area contributed by atoms with E-state index in [4.69, 9.17) is 4.74 Å². The van der Waals surface area contributed by atoms with Gasteiger partial charge in [-0.25, -0.2) is 0 Å². The van der Waals surface area contributed by atoms with E-state index in [9.17, 15) is 17.4 Å². The van der Waals surface area contributed by atoms with Crippen LogP contribution < -0.4 is 5.32 Å². The zero-order chi connectivity index (χ0) is 26.1. The minimum absolute atomic E-state index is 0.380. The molecule has 0 bridgehead atoms. The number of halogens is 3. The molecule has 1 atom stereocenters. The maximum Gasteiger partial charge on any atom is 0.416 e. The first-order chi connectivity index (χ1) is 17.9. The fourth-order valence-electron chi connectivity index (χ4n) is 3.52. The Kier molecular flexibility index (Phi) is 9.02. The van der Waals surface area contributed by atoms with Crippen molar-refractivity contribution < 1.29 is 22.1 Å². The summed E-state index contributed by atoms with van der Waals surface area (Å²) in [5.41, 5.74) is 2.17. The average Bonchev–Trinajstić information content (AvgIpc) is 3.36. The number of tetrazole rings is 1. The predicted molar refractivity (Wildman–Crippen MR) is 137 cm³/mol. The van der Waals surface area contributed by atoms with Gasteiger partial charge >= 0.3 is 6.18 Å². The molecule has 1 N–H and O–H groups in total. The van der Waals surface area contributed by atoms with Crippen LogP contribution in [-0.2, 0) is 34.9 Å². The van der Waals surface area contributed by atoms with E-state index in [1.165, 1.54) is 16.9 Å². The molecule has 0 aliphatic heterocycles. The number of anilines is 2. The van der Waals surface area contributed by atoms with Gasteiger partial charge in [0.1, 0.15) is 0 Å². The molecule has 1 heterocycles. The third kappa shape index (κ3) is 7.96. The van der Waals surface area contributed by atoms with Gasteiger partial charge < -0.3 is 10.1 Å². The van der Waals surface area contributed by atoms with Gasteiger partial charge in [-0.15, -0.1) is 10.2 Å². The second-order valence-electron chi connectivity index (χ2n) is 8.19. The van der Waals surface area contributed by atoms with Crippen LogP contribution in [0.2, 0.25) is 0 Å². The number of aromatic nitrogens is 4. The zero-order valence-electron chi connectivity index (χ0n) is 19.9. The molecule has 194 valence electrons. The molecule has 0 saturated carbocycles. The van der Waals surface area contributed by atoms with Crippen molar-refractivity contribution >= 4 is 22.2 Å². The molecular weight excluding hydrogens is 503 g/mol. The van der Waals surface area contributed by atoms with E-state index in [1.807, 2.05) is 36.4 Å². The first-order valence-corrected chi connectivity index (χ1v) is 13.2. The Morgan fingerprint density at radius 1 is 0.919 bits per heavy atom. The molecule has 0 spiro atoms. The van der Waals surface area contributed by atoms with Gasteiger partial charge in [-0.05, 0) is 53.6 Å². The average molecular weight is 530 g/mol. The second-order valence-corrected chi connectivity index (χ2v) is 9.89. The molecule has 37 heavy (non-hydrogen) atoms. The highest BCUT2D eigenvalue weighted by Crippen LogP contribution is 2.32. The summed E-state index contributed by atoms with van der Waals surface area (Å²) in [4.78, 5) is 1.45. The first kappa shape index (κ1) is 26.5. The molecule has 1 unspecified atom stereocenters. The molecular formula is C26H26F3N5O2S. The molecule has 0 radical (unpaired) electrons. The third-order valence-electron chi connectivity index (χ3n) is 5.41.